The van der Waals surface area contributed by atoms with Crippen LogP contribution in [-0.2, 0) is 47.9 Å². The normalized spacial score (nSPS) is 10.4. The topological polar surface area (TPSA) is 309 Å². The molecule has 0 aliphatic heterocycles. The Hall–Kier alpha value is -14.3. The second-order valence-electron chi connectivity index (χ2n) is 32.8. The van der Waals surface area contributed by atoms with Gasteiger partial charge in [-0.15, -0.1) is 0 Å². The standard InChI is InChI=1S/C35H36O9.C22H24BrP.C14H16O5.C13H20O2.C13H18O2.C11H16O2.C9H10O3.C4H10O.CH4.CH3/c1-4-7-8-11-27-24-30(43-34(38)25-14-18-29(19-15-25)42-33(37)6-3)20-21-31(27)44-35(39)26-12-16-28(17-13-26)40-22-9-10-23-41-32(36)5-2;1-2-3-19-24(23,20-13-7-4-8-14-20,21-15-9-5-10-16-21)22-17-11-6-12-18-22;1-2-13(15)19-10-4-3-9-18-12-7-5-11(6-8-12)14(16)17;2*1-4-5-6-7-11-10-12(14-2)8-9-13(11)15-3;1-2-3-4-5-9-8-10(12)6-7-11(9)13;1-11-8-3-4-9(12-2)7(5-8)6-10;1-3-5-4-2;;/h5-6,12-21,24H,2-4,7-11,22-23H2,1H3;4-18H,2-3,19H2,1H3;2,5-8H,1,3-4,9-10H2,(H,16,17);8-10H,4-7H2,1-3H3;6-10H,4-5H2,1-3H3;6-8,12-13H,2-5H2,1H3;3-6H,1-2H3;3-4H2,1-2H3;1H4;1H3/q;;;;;;;;;-1/b;;;;7-6-;;;;;. The third kappa shape index (κ3) is 48.5. The number of aromatic hydroxyl groups is 2. The van der Waals surface area contributed by atoms with Gasteiger partial charge in [0.1, 0.15) is 74.7 Å². The maximum absolute atomic E-state index is 12.9. The Balaban J connectivity index is 0.000000614. The first-order valence-corrected chi connectivity index (χ1v) is 54.2. The Morgan fingerprint density at radius 3 is 1.14 bits per heavy atom. The van der Waals surface area contributed by atoms with Crippen molar-refractivity contribution in [1.82, 2.24) is 0 Å². The number of rotatable bonds is 51. The SMILES string of the molecule is C.C=CC(=O)OCCCCOc1ccc(C(=O)O)cc1.C=CC(=O)OCCCCOc1ccc(C(=O)Oc2ccc(OC(=O)c3ccc(OC(=O)C=C)cc3)cc2CCCCC)cc1.CCC/C=C\c1cc(OC)ccc1OC.CCCCCc1cc(O)ccc1O.CCCCCc1cc(OC)ccc1OC.CCCCP(Br)(c1ccccc1)(c1ccccc1)c1ccccc1.CCOCC.COc1ccc(OC)c(C=O)c1.[CH3-]. The number of halogens is 1. The molecule has 149 heavy (non-hydrogen) atoms. The van der Waals surface area contributed by atoms with Crippen molar-refractivity contribution < 1.29 is 115 Å². The van der Waals surface area contributed by atoms with Gasteiger partial charge in [-0.2, -0.15) is 0 Å². The third-order valence-corrected chi connectivity index (χ3v) is 32.3. The van der Waals surface area contributed by atoms with E-state index >= 15 is 0 Å². The molecule has 26 heteroatoms. The van der Waals surface area contributed by atoms with Gasteiger partial charge in [0.15, 0.2) is 6.29 Å². The molecule has 11 aromatic carbocycles. The van der Waals surface area contributed by atoms with E-state index in [4.69, 9.17) is 71.4 Å². The van der Waals surface area contributed by atoms with E-state index in [2.05, 4.69) is 179 Å². The Morgan fingerprint density at radius 2 is 0.732 bits per heavy atom. The van der Waals surface area contributed by atoms with Gasteiger partial charge in [0.2, 0.25) is 0 Å². The van der Waals surface area contributed by atoms with Crippen molar-refractivity contribution in [3.63, 3.8) is 0 Å². The second-order valence-corrected chi connectivity index (χ2v) is 41.9. The number of carbonyl (C=O) groups excluding carboxylic acids is 6. The van der Waals surface area contributed by atoms with Gasteiger partial charge in [-0.1, -0.05) is 112 Å². The van der Waals surface area contributed by atoms with Crippen molar-refractivity contribution in [2.45, 2.75) is 184 Å². The van der Waals surface area contributed by atoms with Crippen LogP contribution in [0.1, 0.15) is 229 Å². The number of phenols is 2. The number of methoxy groups -OCH3 is 6. The summed E-state index contributed by atoms with van der Waals surface area (Å²) in [6.07, 6.45) is 29.3. The summed E-state index contributed by atoms with van der Waals surface area (Å²) in [4.78, 5) is 80.0. The fourth-order valence-corrected chi connectivity index (χ4v) is 22.1. The van der Waals surface area contributed by atoms with E-state index in [-0.39, 0.29) is 43.2 Å². The molecule has 24 nitrogen and oxygen atoms in total. The quantitative estimate of drug-likeness (QED) is 0.00466. The van der Waals surface area contributed by atoms with E-state index in [9.17, 15) is 43.8 Å². The first kappa shape index (κ1) is 131. The number of aromatic carboxylic acids is 1. The van der Waals surface area contributed by atoms with Gasteiger partial charge in [-0.25, -0.2) is 28.8 Å². The molecule has 11 aromatic rings. The van der Waals surface area contributed by atoms with E-state index in [1.807, 2.05) is 44.2 Å². The molecule has 806 valence electrons. The van der Waals surface area contributed by atoms with E-state index in [0.29, 0.717) is 97.7 Å². The van der Waals surface area contributed by atoms with E-state index in [0.717, 1.165) is 148 Å². The number of carbonyl (C=O) groups is 7. The molecule has 0 spiro atoms. The molecule has 0 fully saturated rings. The summed E-state index contributed by atoms with van der Waals surface area (Å²) in [6.45, 7) is 28.1. The monoisotopic (exact) mass is 2130 g/mol. The molecule has 0 heterocycles. The largest absolute Gasteiger partial charge is 0.497 e. The van der Waals surface area contributed by atoms with Crippen LogP contribution in [0.4, 0.5) is 0 Å². The van der Waals surface area contributed by atoms with Crippen LogP contribution in [0.25, 0.3) is 6.08 Å². The summed E-state index contributed by atoms with van der Waals surface area (Å²) in [5.41, 5.74) is 5.23. The molecule has 0 unspecified atom stereocenters. The Bertz CT molecular complexity index is 5600. The molecular weight excluding hydrogens is 1970 g/mol. The molecule has 0 aromatic heterocycles. The number of phenolic OH excluding ortho intramolecular Hbond substituents is 2. The van der Waals surface area contributed by atoms with Crippen molar-refractivity contribution in [2.24, 2.45) is 0 Å². The molecule has 0 atom stereocenters. The molecule has 0 radical (unpaired) electrons. The van der Waals surface area contributed by atoms with Gasteiger partial charge >= 0.3 is 189 Å². The van der Waals surface area contributed by atoms with Crippen molar-refractivity contribution >= 4 is 84.9 Å². The maximum Gasteiger partial charge on any atom is 0.153 e. The Kier molecular flexibility index (Phi) is 67.7. The number of carboxylic acids is 1. The van der Waals surface area contributed by atoms with Crippen LogP contribution < -0.4 is 68.0 Å². The van der Waals surface area contributed by atoms with Crippen molar-refractivity contribution in [3.8, 4) is 74.7 Å². The van der Waals surface area contributed by atoms with Crippen LogP contribution in [0.15, 0.2) is 299 Å². The maximum atomic E-state index is 12.9. The van der Waals surface area contributed by atoms with E-state index in [1.54, 1.807) is 114 Å². The number of aldehydes is 1. The molecule has 0 aliphatic rings. The summed E-state index contributed by atoms with van der Waals surface area (Å²) in [6, 6.07) is 78.2. The smallest absolute Gasteiger partial charge is 0.153 e. The van der Waals surface area contributed by atoms with Gasteiger partial charge < -0.3 is 89.1 Å². The zero-order valence-corrected chi connectivity index (χ0v) is 91.1. The van der Waals surface area contributed by atoms with Crippen LogP contribution in [-0.4, -0.2) is 146 Å². The molecule has 0 saturated carbocycles. The number of aryl methyl sites for hydroxylation is 3. The van der Waals surface area contributed by atoms with Crippen LogP contribution in [0, 0.1) is 7.43 Å². The minimum atomic E-state index is -2.64. The zero-order valence-electron chi connectivity index (χ0n) is 88.7. The number of esters is 5. The summed E-state index contributed by atoms with van der Waals surface area (Å²) in [5.74, 6) is 3.96. The van der Waals surface area contributed by atoms with Crippen molar-refractivity contribution in [3.05, 3.63) is 351 Å². The average molecular weight is 2130 g/mol. The first-order chi connectivity index (χ1) is 71.2. The summed E-state index contributed by atoms with van der Waals surface area (Å²) in [5, 5.41) is 28.9. The van der Waals surface area contributed by atoms with E-state index in [1.165, 1.54) is 116 Å². The predicted octanol–water partition coefficient (Wildman–Crippen LogP) is 28.2. The number of unbranched alkanes of at least 4 members (excludes halogenated alkanes) is 10. The zero-order chi connectivity index (χ0) is 108. The minimum absolute atomic E-state index is 0. The fourth-order valence-electron chi connectivity index (χ4n) is 14.2. The average Bonchev–Trinajstić information content (AvgIpc) is 0.705. The van der Waals surface area contributed by atoms with Gasteiger partial charge in [0.25, 0.3) is 0 Å². The first-order valence-electron chi connectivity index (χ1n) is 49.8. The molecule has 0 amide bonds. The van der Waals surface area contributed by atoms with Gasteiger partial charge in [0.05, 0.1) is 91.3 Å². The van der Waals surface area contributed by atoms with Crippen LogP contribution in [0.2, 0.25) is 0 Å². The number of benzene rings is 11. The van der Waals surface area contributed by atoms with Crippen molar-refractivity contribution in [1.29, 1.82) is 0 Å². The summed E-state index contributed by atoms with van der Waals surface area (Å²) < 4.78 is 72.9. The van der Waals surface area contributed by atoms with Crippen LogP contribution >= 0.6 is 20.8 Å². The Morgan fingerprint density at radius 1 is 0.356 bits per heavy atom. The van der Waals surface area contributed by atoms with Gasteiger partial charge in [-0.05, 0) is 265 Å². The number of hydrogen-bond acceptors (Lipinski definition) is 23. The molecule has 3 N–H and O–H groups in total. The van der Waals surface area contributed by atoms with Crippen LogP contribution in [0.3, 0.4) is 0 Å². The van der Waals surface area contributed by atoms with E-state index < -0.39 is 41.1 Å². The number of hydrogen-bond donors (Lipinski definition) is 3. The van der Waals surface area contributed by atoms with Crippen molar-refractivity contribution in [2.75, 3.05) is 88.5 Å². The Labute approximate surface area is 892 Å². The molecule has 0 saturated heterocycles. The van der Waals surface area contributed by atoms with Gasteiger partial charge in [0, 0.05) is 37.0 Å². The predicted molar refractivity (Wildman–Crippen MR) is 607 cm³/mol. The van der Waals surface area contributed by atoms with Gasteiger partial charge in [-0.3, -0.25) is 4.79 Å². The molecule has 0 bridgehead atoms. The summed E-state index contributed by atoms with van der Waals surface area (Å²) >= 11 is 4.45. The number of carboxylic acid groups (broad SMARTS) is 1. The second kappa shape index (κ2) is 77.2. The molecule has 11 rings (SSSR count). The minimum Gasteiger partial charge on any atom is -0.497 e. The van der Waals surface area contributed by atoms with Crippen LogP contribution in [0.5, 0.6) is 74.7 Å². The summed E-state index contributed by atoms with van der Waals surface area (Å²) in [7, 11) is 9.83. The fraction of sp³-hybridized carbons (Fsp3) is 0.333. The third-order valence-electron chi connectivity index (χ3n) is 22.2. The number of allylic oxidation sites excluding steroid dienone is 1. The number of ether oxygens (including phenoxy) is 14. The molecular formula is C123H157BrO24P-. The molecule has 0 aliphatic carbocycles.